The van der Waals surface area contributed by atoms with E-state index in [9.17, 15) is 0 Å². The third kappa shape index (κ3) is 7.98. The van der Waals surface area contributed by atoms with Crippen LogP contribution in [0.3, 0.4) is 0 Å². The third-order valence-corrected chi connectivity index (χ3v) is 1.86. The molecule has 0 heterocycles. The van der Waals surface area contributed by atoms with Crippen LogP contribution in [-0.4, -0.2) is 44.8 Å². The molecule has 0 unspecified atom stereocenters. The molecule has 0 aliphatic rings. The predicted molar refractivity (Wildman–Crippen MR) is 52.3 cm³/mol. The van der Waals surface area contributed by atoms with Crippen LogP contribution < -0.4 is 5.73 Å². The second kappa shape index (κ2) is 8.97. The first kappa shape index (κ1) is 11.9. The van der Waals surface area contributed by atoms with Crippen LogP contribution in [0.25, 0.3) is 0 Å². The van der Waals surface area contributed by atoms with Gasteiger partial charge in [0.2, 0.25) is 0 Å². The normalized spacial score (nSPS) is 11.0. The SMILES string of the molecule is CCN(C)CCCOCCCN. The van der Waals surface area contributed by atoms with Crippen molar-refractivity contribution in [2.75, 3.05) is 39.9 Å². The van der Waals surface area contributed by atoms with Crippen LogP contribution >= 0.6 is 0 Å². The van der Waals surface area contributed by atoms with Crippen LogP contribution in [-0.2, 0) is 4.74 Å². The lowest BCUT2D eigenvalue weighted by Crippen LogP contribution is -2.20. The van der Waals surface area contributed by atoms with E-state index in [-0.39, 0.29) is 0 Å². The fourth-order valence-corrected chi connectivity index (χ4v) is 0.882. The summed E-state index contributed by atoms with van der Waals surface area (Å²) in [7, 11) is 2.12. The summed E-state index contributed by atoms with van der Waals surface area (Å²) >= 11 is 0. The monoisotopic (exact) mass is 174 g/mol. The van der Waals surface area contributed by atoms with Crippen molar-refractivity contribution in [3.8, 4) is 0 Å². The maximum Gasteiger partial charge on any atom is 0.0478 e. The standard InChI is InChI=1S/C9H22N2O/c1-3-11(2)7-5-9-12-8-4-6-10/h3-10H2,1-2H3. The van der Waals surface area contributed by atoms with Crippen molar-refractivity contribution in [2.45, 2.75) is 19.8 Å². The zero-order valence-electron chi connectivity index (χ0n) is 8.38. The number of rotatable bonds is 8. The van der Waals surface area contributed by atoms with Crippen molar-refractivity contribution in [3.63, 3.8) is 0 Å². The molecule has 0 amide bonds. The molecule has 0 atom stereocenters. The van der Waals surface area contributed by atoms with Gasteiger partial charge in [-0.15, -0.1) is 0 Å². The maximum atomic E-state index is 5.36. The summed E-state index contributed by atoms with van der Waals surface area (Å²) in [5.41, 5.74) is 5.32. The van der Waals surface area contributed by atoms with Crippen LogP contribution in [0.1, 0.15) is 19.8 Å². The topological polar surface area (TPSA) is 38.5 Å². The molecule has 0 aromatic heterocycles. The lowest BCUT2D eigenvalue weighted by Gasteiger charge is -2.12. The lowest BCUT2D eigenvalue weighted by atomic mass is 10.4. The Morgan fingerprint density at radius 3 is 2.50 bits per heavy atom. The van der Waals surface area contributed by atoms with Gasteiger partial charge in [0.15, 0.2) is 0 Å². The van der Waals surface area contributed by atoms with Gasteiger partial charge in [-0.2, -0.15) is 0 Å². The first-order chi connectivity index (χ1) is 5.81. The molecule has 3 heteroatoms. The molecule has 0 aromatic carbocycles. The van der Waals surface area contributed by atoms with E-state index >= 15 is 0 Å². The Kier molecular flexibility index (Phi) is 8.88. The molecule has 0 bridgehead atoms. The van der Waals surface area contributed by atoms with Gasteiger partial charge in [0.25, 0.3) is 0 Å². The van der Waals surface area contributed by atoms with Crippen molar-refractivity contribution in [3.05, 3.63) is 0 Å². The molecule has 0 aromatic rings. The molecule has 0 radical (unpaired) electrons. The molecule has 0 spiro atoms. The first-order valence-electron chi connectivity index (χ1n) is 4.77. The van der Waals surface area contributed by atoms with Crippen LogP contribution in [0.4, 0.5) is 0 Å². The van der Waals surface area contributed by atoms with E-state index in [2.05, 4.69) is 18.9 Å². The summed E-state index contributed by atoms with van der Waals surface area (Å²) in [5, 5.41) is 0. The summed E-state index contributed by atoms with van der Waals surface area (Å²) in [6.45, 7) is 6.81. The zero-order chi connectivity index (χ0) is 9.23. The highest BCUT2D eigenvalue weighted by atomic mass is 16.5. The Labute approximate surface area is 75.9 Å². The van der Waals surface area contributed by atoms with Crippen LogP contribution in [0.15, 0.2) is 0 Å². The summed E-state index contributed by atoms with van der Waals surface area (Å²) < 4.78 is 5.36. The summed E-state index contributed by atoms with van der Waals surface area (Å²) in [6.07, 6.45) is 2.10. The van der Waals surface area contributed by atoms with Gasteiger partial charge in [0.1, 0.15) is 0 Å². The molecule has 0 saturated heterocycles. The van der Waals surface area contributed by atoms with E-state index < -0.39 is 0 Å². The maximum absolute atomic E-state index is 5.36. The Morgan fingerprint density at radius 1 is 1.25 bits per heavy atom. The van der Waals surface area contributed by atoms with Gasteiger partial charge in [-0.1, -0.05) is 6.92 Å². The van der Waals surface area contributed by atoms with Gasteiger partial charge < -0.3 is 15.4 Å². The molecular weight excluding hydrogens is 152 g/mol. The Morgan fingerprint density at radius 2 is 1.92 bits per heavy atom. The van der Waals surface area contributed by atoms with E-state index in [1.807, 2.05) is 0 Å². The zero-order valence-corrected chi connectivity index (χ0v) is 8.38. The average Bonchev–Trinajstić information content (AvgIpc) is 2.10. The van der Waals surface area contributed by atoms with Gasteiger partial charge in [0, 0.05) is 19.8 Å². The number of nitrogens with two attached hydrogens (primary N) is 1. The highest BCUT2D eigenvalue weighted by molar-refractivity contribution is 4.46. The smallest absolute Gasteiger partial charge is 0.0478 e. The minimum Gasteiger partial charge on any atom is -0.381 e. The van der Waals surface area contributed by atoms with Crippen molar-refractivity contribution < 1.29 is 4.74 Å². The summed E-state index contributed by atoms with van der Waals surface area (Å²) in [6, 6.07) is 0. The lowest BCUT2D eigenvalue weighted by molar-refractivity contribution is 0.123. The first-order valence-corrected chi connectivity index (χ1v) is 4.77. The number of ether oxygens (including phenoxy) is 1. The average molecular weight is 174 g/mol. The fourth-order valence-electron chi connectivity index (χ4n) is 0.882. The quantitative estimate of drug-likeness (QED) is 0.550. The van der Waals surface area contributed by atoms with Gasteiger partial charge in [-0.3, -0.25) is 0 Å². The van der Waals surface area contributed by atoms with Crippen molar-refractivity contribution in [1.29, 1.82) is 0 Å². The highest BCUT2D eigenvalue weighted by Gasteiger charge is 1.93. The largest absolute Gasteiger partial charge is 0.381 e. The summed E-state index contributed by atoms with van der Waals surface area (Å²) in [4.78, 5) is 2.28. The fraction of sp³-hybridized carbons (Fsp3) is 1.00. The van der Waals surface area contributed by atoms with Gasteiger partial charge in [-0.25, -0.2) is 0 Å². The third-order valence-electron chi connectivity index (χ3n) is 1.86. The van der Waals surface area contributed by atoms with E-state index in [1.165, 1.54) is 0 Å². The van der Waals surface area contributed by atoms with Crippen molar-refractivity contribution >= 4 is 0 Å². The Balaban J connectivity index is 2.90. The van der Waals surface area contributed by atoms with Crippen LogP contribution in [0.5, 0.6) is 0 Å². The number of hydrogen-bond acceptors (Lipinski definition) is 3. The van der Waals surface area contributed by atoms with E-state index in [0.29, 0.717) is 0 Å². The van der Waals surface area contributed by atoms with Gasteiger partial charge in [-0.05, 0) is 33.0 Å². The predicted octanol–water partition coefficient (Wildman–Crippen LogP) is 0.694. The Bertz CT molecular complexity index is 88.6. The minimum atomic E-state index is 0.731. The van der Waals surface area contributed by atoms with Gasteiger partial charge >= 0.3 is 0 Å². The molecule has 2 N–H and O–H groups in total. The Hall–Kier alpha value is -0.120. The number of nitrogens with zero attached hydrogens (tertiary/aromatic N) is 1. The molecule has 0 rings (SSSR count). The second-order valence-corrected chi connectivity index (χ2v) is 3.00. The van der Waals surface area contributed by atoms with E-state index in [0.717, 1.165) is 45.7 Å². The molecule has 0 aliphatic heterocycles. The molecule has 0 saturated carbocycles. The summed E-state index contributed by atoms with van der Waals surface area (Å²) in [5.74, 6) is 0. The van der Waals surface area contributed by atoms with Crippen LogP contribution in [0.2, 0.25) is 0 Å². The number of hydrogen-bond donors (Lipinski definition) is 1. The van der Waals surface area contributed by atoms with Crippen molar-refractivity contribution in [2.24, 2.45) is 5.73 Å². The molecule has 74 valence electrons. The van der Waals surface area contributed by atoms with Crippen LogP contribution in [0, 0.1) is 0 Å². The second-order valence-electron chi connectivity index (χ2n) is 3.00. The van der Waals surface area contributed by atoms with Crippen molar-refractivity contribution in [1.82, 2.24) is 4.90 Å². The molecule has 0 aliphatic carbocycles. The van der Waals surface area contributed by atoms with E-state index in [4.69, 9.17) is 10.5 Å². The molecule has 3 nitrogen and oxygen atoms in total. The highest BCUT2D eigenvalue weighted by Crippen LogP contribution is 1.88. The molecule has 0 fully saturated rings. The molecule has 12 heavy (non-hydrogen) atoms. The molecular formula is C9H22N2O. The van der Waals surface area contributed by atoms with E-state index in [1.54, 1.807) is 0 Å². The minimum absolute atomic E-state index is 0.731. The van der Waals surface area contributed by atoms with Gasteiger partial charge in [0.05, 0.1) is 0 Å².